The van der Waals surface area contributed by atoms with E-state index in [0.717, 1.165) is 5.56 Å². The molecule has 2 heterocycles. The minimum atomic E-state index is -1.03. The summed E-state index contributed by atoms with van der Waals surface area (Å²) in [5, 5.41) is 12.8. The summed E-state index contributed by atoms with van der Waals surface area (Å²) in [5.74, 6) is -1.03. The van der Waals surface area contributed by atoms with Gasteiger partial charge in [-0.05, 0) is 6.07 Å². The highest BCUT2D eigenvalue weighted by Crippen LogP contribution is 2.21. The van der Waals surface area contributed by atoms with Gasteiger partial charge in [0.25, 0.3) is 0 Å². The molecule has 0 radical (unpaired) electrons. The molecule has 2 aromatic heterocycles. The fraction of sp³-hybridized carbons (Fsp3) is 0.100. The molecule has 0 aliphatic carbocycles. The van der Waals surface area contributed by atoms with E-state index in [1.807, 2.05) is 0 Å². The average Bonchev–Trinajstić information content (AvgIpc) is 2.62. The summed E-state index contributed by atoms with van der Waals surface area (Å²) in [6, 6.07) is 3.56. The lowest BCUT2D eigenvalue weighted by molar-refractivity contribution is 0.0690. The third kappa shape index (κ3) is 1.71. The third-order valence-corrected chi connectivity index (χ3v) is 2.00. The van der Waals surface area contributed by atoms with Crippen LogP contribution in [0.2, 0.25) is 0 Å². The van der Waals surface area contributed by atoms with Gasteiger partial charge in [-0.25, -0.2) is 4.79 Å². The van der Waals surface area contributed by atoms with Crippen molar-refractivity contribution in [2.24, 2.45) is 7.05 Å². The summed E-state index contributed by atoms with van der Waals surface area (Å²) >= 11 is 0. The van der Waals surface area contributed by atoms with Crippen molar-refractivity contribution in [1.29, 1.82) is 0 Å². The molecule has 1 N–H and O–H groups in total. The molecule has 0 spiro atoms. The first kappa shape index (κ1) is 9.39. The average molecular weight is 203 g/mol. The fourth-order valence-corrected chi connectivity index (χ4v) is 1.38. The first-order valence-corrected chi connectivity index (χ1v) is 4.36. The Labute approximate surface area is 86.0 Å². The van der Waals surface area contributed by atoms with Gasteiger partial charge in [0.2, 0.25) is 0 Å². The van der Waals surface area contributed by atoms with E-state index in [-0.39, 0.29) is 5.69 Å². The van der Waals surface area contributed by atoms with Crippen molar-refractivity contribution in [2.75, 3.05) is 0 Å². The highest BCUT2D eigenvalue weighted by Gasteiger charge is 2.15. The summed E-state index contributed by atoms with van der Waals surface area (Å²) in [7, 11) is 1.69. The summed E-state index contributed by atoms with van der Waals surface area (Å²) in [5.41, 5.74) is 1.38. The van der Waals surface area contributed by atoms with Crippen molar-refractivity contribution in [3.63, 3.8) is 0 Å². The van der Waals surface area contributed by atoms with Gasteiger partial charge in [-0.3, -0.25) is 9.67 Å². The summed E-state index contributed by atoms with van der Waals surface area (Å²) in [6.07, 6.45) is 4.92. The Balaban J connectivity index is 2.58. The van der Waals surface area contributed by atoms with Gasteiger partial charge in [-0.15, -0.1) is 0 Å². The van der Waals surface area contributed by atoms with Gasteiger partial charge < -0.3 is 5.11 Å². The number of carbonyl (C=O) groups is 1. The number of aromatic carboxylic acids is 1. The van der Waals surface area contributed by atoms with Crippen LogP contribution in [-0.2, 0) is 7.05 Å². The molecule has 0 amide bonds. The molecule has 0 aliphatic rings. The fourth-order valence-electron chi connectivity index (χ4n) is 1.38. The van der Waals surface area contributed by atoms with E-state index >= 15 is 0 Å². The molecule has 76 valence electrons. The molecule has 0 fully saturated rings. The van der Waals surface area contributed by atoms with Crippen molar-refractivity contribution in [3.8, 4) is 11.1 Å². The molecule has 0 unspecified atom stereocenters. The smallest absolute Gasteiger partial charge is 0.357 e. The molecule has 0 aliphatic heterocycles. The Hall–Kier alpha value is -2.17. The van der Waals surface area contributed by atoms with E-state index in [1.165, 1.54) is 4.68 Å². The molecule has 0 aromatic carbocycles. The highest BCUT2D eigenvalue weighted by molar-refractivity contribution is 5.93. The van der Waals surface area contributed by atoms with E-state index in [4.69, 9.17) is 5.11 Å². The predicted octanol–water partition coefficient (Wildman–Crippen LogP) is 1.18. The van der Waals surface area contributed by atoms with Crippen LogP contribution in [0.25, 0.3) is 11.1 Å². The minimum Gasteiger partial charge on any atom is -0.476 e. The van der Waals surface area contributed by atoms with Crippen molar-refractivity contribution < 1.29 is 9.90 Å². The number of rotatable bonds is 2. The number of nitrogens with zero attached hydrogens (tertiary/aromatic N) is 3. The van der Waals surface area contributed by atoms with E-state index in [0.29, 0.717) is 5.56 Å². The number of aromatic nitrogens is 3. The van der Waals surface area contributed by atoms with Gasteiger partial charge in [0, 0.05) is 36.8 Å². The monoisotopic (exact) mass is 203 g/mol. The summed E-state index contributed by atoms with van der Waals surface area (Å²) < 4.78 is 1.48. The lowest BCUT2D eigenvalue weighted by Gasteiger charge is -1.96. The molecule has 0 saturated heterocycles. The van der Waals surface area contributed by atoms with Gasteiger partial charge in [-0.1, -0.05) is 6.07 Å². The lowest BCUT2D eigenvalue weighted by Crippen LogP contribution is -2.00. The topological polar surface area (TPSA) is 68.0 Å². The first-order chi connectivity index (χ1) is 7.18. The Bertz CT molecular complexity index is 491. The van der Waals surface area contributed by atoms with Gasteiger partial charge in [0.05, 0.1) is 0 Å². The van der Waals surface area contributed by atoms with E-state index < -0.39 is 5.97 Å². The molecule has 0 atom stereocenters. The van der Waals surface area contributed by atoms with Crippen molar-refractivity contribution >= 4 is 5.97 Å². The van der Waals surface area contributed by atoms with Crippen molar-refractivity contribution in [1.82, 2.24) is 14.8 Å². The quantitative estimate of drug-likeness (QED) is 0.795. The van der Waals surface area contributed by atoms with Gasteiger partial charge >= 0.3 is 5.97 Å². The first-order valence-electron chi connectivity index (χ1n) is 4.36. The van der Waals surface area contributed by atoms with Gasteiger partial charge in [-0.2, -0.15) is 5.10 Å². The van der Waals surface area contributed by atoms with Crippen LogP contribution in [0.3, 0.4) is 0 Å². The second-order valence-electron chi connectivity index (χ2n) is 3.11. The second-order valence-corrected chi connectivity index (χ2v) is 3.11. The maximum atomic E-state index is 10.9. The number of aryl methyl sites for hydroxylation is 1. The zero-order chi connectivity index (χ0) is 10.8. The van der Waals surface area contributed by atoms with Crippen LogP contribution < -0.4 is 0 Å². The standard InChI is InChI=1S/C10H9N3O2/c1-13-6-8(9(12-13)10(14)15)7-3-2-4-11-5-7/h2-6H,1H3,(H,14,15). The molecule has 2 aromatic rings. The molecule has 2 rings (SSSR count). The largest absolute Gasteiger partial charge is 0.476 e. The second kappa shape index (κ2) is 3.53. The van der Waals surface area contributed by atoms with Crippen LogP contribution in [0.1, 0.15) is 10.5 Å². The highest BCUT2D eigenvalue weighted by atomic mass is 16.4. The van der Waals surface area contributed by atoms with Crippen LogP contribution in [0.5, 0.6) is 0 Å². The van der Waals surface area contributed by atoms with E-state index in [1.54, 1.807) is 37.8 Å². The van der Waals surface area contributed by atoms with Crippen LogP contribution in [0, 0.1) is 0 Å². The molecular weight excluding hydrogens is 194 g/mol. The van der Waals surface area contributed by atoms with E-state index in [9.17, 15) is 4.79 Å². The number of carboxylic acid groups (broad SMARTS) is 1. The summed E-state index contributed by atoms with van der Waals surface area (Å²) in [6.45, 7) is 0. The van der Waals surface area contributed by atoms with Gasteiger partial charge in [0.15, 0.2) is 5.69 Å². The van der Waals surface area contributed by atoms with Crippen molar-refractivity contribution in [3.05, 3.63) is 36.4 Å². The normalized spacial score (nSPS) is 10.2. The molecule has 5 heteroatoms. The number of pyridine rings is 1. The third-order valence-electron chi connectivity index (χ3n) is 2.00. The maximum Gasteiger partial charge on any atom is 0.357 e. The number of carboxylic acids is 1. The number of hydrogen-bond acceptors (Lipinski definition) is 3. The lowest BCUT2D eigenvalue weighted by atomic mass is 10.1. The molecular formula is C10H9N3O2. The van der Waals surface area contributed by atoms with E-state index in [2.05, 4.69) is 10.1 Å². The van der Waals surface area contributed by atoms with Gasteiger partial charge in [0.1, 0.15) is 0 Å². The minimum absolute atomic E-state index is 0.0468. The van der Waals surface area contributed by atoms with Crippen LogP contribution in [0.4, 0.5) is 0 Å². The molecule has 0 saturated carbocycles. The SMILES string of the molecule is Cn1cc(-c2cccnc2)c(C(=O)O)n1. The molecule has 15 heavy (non-hydrogen) atoms. The van der Waals surface area contributed by atoms with Crippen LogP contribution >= 0.6 is 0 Å². The Morgan fingerprint density at radius 2 is 2.33 bits per heavy atom. The Morgan fingerprint density at radius 1 is 1.53 bits per heavy atom. The van der Waals surface area contributed by atoms with Crippen molar-refractivity contribution in [2.45, 2.75) is 0 Å². The molecule has 5 nitrogen and oxygen atoms in total. The summed E-state index contributed by atoms with van der Waals surface area (Å²) in [4.78, 5) is 14.9. The Morgan fingerprint density at radius 3 is 2.93 bits per heavy atom. The van der Waals surface area contributed by atoms with Crippen LogP contribution in [0.15, 0.2) is 30.7 Å². The zero-order valence-corrected chi connectivity index (χ0v) is 8.08. The number of hydrogen-bond donors (Lipinski definition) is 1. The molecule has 0 bridgehead atoms. The zero-order valence-electron chi connectivity index (χ0n) is 8.08. The Kier molecular flexibility index (Phi) is 2.21. The predicted molar refractivity (Wildman–Crippen MR) is 53.4 cm³/mol. The van der Waals surface area contributed by atoms with Crippen LogP contribution in [-0.4, -0.2) is 25.8 Å². The maximum absolute atomic E-state index is 10.9.